The lowest BCUT2D eigenvalue weighted by Gasteiger charge is -2.32. The van der Waals surface area contributed by atoms with Crippen LogP contribution in [0.2, 0.25) is 0 Å². The van der Waals surface area contributed by atoms with Gasteiger partial charge in [-0.2, -0.15) is 10.2 Å². The van der Waals surface area contributed by atoms with Crippen LogP contribution in [0.15, 0.2) is 47.5 Å². The number of anilines is 1. The summed E-state index contributed by atoms with van der Waals surface area (Å²) in [6.45, 7) is 2.13. The molecule has 3 aromatic rings. The Bertz CT molecular complexity index is 1120. The zero-order chi connectivity index (χ0) is 21.9. The first-order chi connectivity index (χ1) is 15.7. The van der Waals surface area contributed by atoms with Crippen LogP contribution >= 0.6 is 0 Å². The molecule has 2 aliphatic rings. The van der Waals surface area contributed by atoms with E-state index in [2.05, 4.69) is 36.7 Å². The Labute approximate surface area is 185 Å². The summed E-state index contributed by atoms with van der Waals surface area (Å²) in [4.78, 5) is 27.0. The maximum atomic E-state index is 12.8. The van der Waals surface area contributed by atoms with Crippen molar-refractivity contribution in [1.29, 1.82) is 0 Å². The lowest BCUT2D eigenvalue weighted by molar-refractivity contribution is -0.125. The summed E-state index contributed by atoms with van der Waals surface area (Å²) in [7, 11) is 0. The number of carbonyl (C=O) groups excluding carboxylic acids is 1. The molecule has 0 aromatic carbocycles. The zero-order valence-corrected chi connectivity index (χ0v) is 17.8. The van der Waals surface area contributed by atoms with E-state index in [1.54, 1.807) is 29.2 Å². The van der Waals surface area contributed by atoms with Crippen molar-refractivity contribution >= 4 is 11.7 Å². The molecule has 0 spiro atoms. The number of carbonyl (C=O) groups is 1. The van der Waals surface area contributed by atoms with Crippen molar-refractivity contribution in [3.8, 4) is 5.82 Å². The second-order valence-corrected chi connectivity index (χ2v) is 8.37. The van der Waals surface area contributed by atoms with Crippen molar-refractivity contribution in [2.75, 3.05) is 24.5 Å². The molecule has 3 aromatic heterocycles. The maximum Gasteiger partial charge on any atom is 0.266 e. The quantitative estimate of drug-likeness (QED) is 0.593. The molecule has 1 aliphatic heterocycles. The van der Waals surface area contributed by atoms with Gasteiger partial charge in [0.25, 0.3) is 5.56 Å². The Balaban J connectivity index is 1.16. The van der Waals surface area contributed by atoms with E-state index < -0.39 is 0 Å². The van der Waals surface area contributed by atoms with Crippen LogP contribution < -0.4 is 15.8 Å². The van der Waals surface area contributed by atoms with Crippen molar-refractivity contribution in [3.63, 3.8) is 0 Å². The third-order valence-electron chi connectivity index (χ3n) is 6.00. The molecule has 10 nitrogen and oxygen atoms in total. The van der Waals surface area contributed by atoms with Crippen molar-refractivity contribution in [1.82, 2.24) is 35.1 Å². The van der Waals surface area contributed by atoms with Crippen LogP contribution in [0.3, 0.4) is 0 Å². The lowest BCUT2D eigenvalue weighted by Crippen LogP contribution is -2.44. The summed E-state index contributed by atoms with van der Waals surface area (Å²) in [5.41, 5.74) is 0.854. The molecule has 1 saturated heterocycles. The van der Waals surface area contributed by atoms with Crippen molar-refractivity contribution < 1.29 is 4.79 Å². The Hall–Kier alpha value is -3.56. The third kappa shape index (κ3) is 4.53. The van der Waals surface area contributed by atoms with Gasteiger partial charge < -0.3 is 10.2 Å². The first-order valence-corrected chi connectivity index (χ1v) is 11.1. The number of nitrogens with zero attached hydrogens (tertiary/aromatic N) is 7. The minimum atomic E-state index is -0.216. The summed E-state index contributed by atoms with van der Waals surface area (Å²) >= 11 is 0. The van der Waals surface area contributed by atoms with Crippen LogP contribution in [0.1, 0.15) is 37.3 Å². The molecule has 1 N–H and O–H groups in total. The molecule has 1 unspecified atom stereocenters. The summed E-state index contributed by atoms with van der Waals surface area (Å²) < 4.78 is 2.94. The Morgan fingerprint density at radius 3 is 2.72 bits per heavy atom. The van der Waals surface area contributed by atoms with Crippen molar-refractivity contribution in [2.24, 2.45) is 5.92 Å². The van der Waals surface area contributed by atoms with Crippen LogP contribution in [0.5, 0.6) is 0 Å². The van der Waals surface area contributed by atoms with Gasteiger partial charge in [-0.3, -0.25) is 9.59 Å². The molecule has 1 atom stereocenters. The van der Waals surface area contributed by atoms with Gasteiger partial charge in [-0.1, -0.05) is 0 Å². The van der Waals surface area contributed by atoms with Gasteiger partial charge in [-0.05, 0) is 49.9 Å². The second kappa shape index (κ2) is 8.89. The molecule has 32 heavy (non-hydrogen) atoms. The van der Waals surface area contributed by atoms with E-state index in [0.717, 1.165) is 30.9 Å². The van der Waals surface area contributed by atoms with Gasteiger partial charge >= 0.3 is 0 Å². The third-order valence-corrected chi connectivity index (χ3v) is 6.00. The Morgan fingerprint density at radius 2 is 1.97 bits per heavy atom. The predicted molar refractivity (Wildman–Crippen MR) is 118 cm³/mol. The standard InChI is InChI=1S/C22H26N8O2/c31-21-9-8-20(29-13-2-10-24-29)27-30(21)14-11-23-22(32)17-3-1-12-28(15-17)19-7-6-18(25-26-19)16-4-5-16/h2,6-10,13,16-17H,1,3-5,11-12,14-15H2,(H,23,32). The summed E-state index contributed by atoms with van der Waals surface area (Å²) in [5, 5.41) is 20.2. The topological polar surface area (TPSA) is 111 Å². The van der Waals surface area contributed by atoms with Crippen LogP contribution in [-0.4, -0.2) is 55.3 Å². The van der Waals surface area contributed by atoms with Crippen molar-refractivity contribution in [3.05, 3.63) is 58.8 Å². The molecule has 0 radical (unpaired) electrons. The van der Waals surface area contributed by atoms with Crippen molar-refractivity contribution in [2.45, 2.75) is 38.1 Å². The molecule has 1 saturated carbocycles. The van der Waals surface area contributed by atoms with E-state index in [4.69, 9.17) is 0 Å². The van der Waals surface area contributed by atoms with Crippen LogP contribution in [0, 0.1) is 5.92 Å². The van der Waals surface area contributed by atoms with Gasteiger partial charge in [-0.25, -0.2) is 9.36 Å². The molecule has 5 rings (SSSR count). The second-order valence-electron chi connectivity index (χ2n) is 8.37. The average Bonchev–Trinajstić information content (AvgIpc) is 3.54. The highest BCUT2D eigenvalue weighted by Crippen LogP contribution is 2.38. The Morgan fingerprint density at radius 1 is 1.09 bits per heavy atom. The molecule has 4 heterocycles. The highest BCUT2D eigenvalue weighted by Gasteiger charge is 2.28. The van der Waals surface area contributed by atoms with E-state index in [1.807, 2.05) is 6.07 Å². The summed E-state index contributed by atoms with van der Waals surface area (Å²) in [6, 6.07) is 8.96. The molecule has 0 bridgehead atoms. The van der Waals surface area contributed by atoms with E-state index in [1.165, 1.54) is 23.6 Å². The number of nitrogens with one attached hydrogen (secondary N) is 1. The average molecular weight is 435 g/mol. The highest BCUT2D eigenvalue weighted by atomic mass is 16.2. The van der Waals surface area contributed by atoms with Crippen LogP contribution in [-0.2, 0) is 11.3 Å². The van der Waals surface area contributed by atoms with E-state index in [-0.39, 0.29) is 17.4 Å². The van der Waals surface area contributed by atoms with E-state index >= 15 is 0 Å². The number of hydrogen-bond acceptors (Lipinski definition) is 7. The normalized spacial score (nSPS) is 18.5. The minimum Gasteiger partial charge on any atom is -0.354 e. The fourth-order valence-electron chi connectivity index (χ4n) is 4.05. The van der Waals surface area contributed by atoms with Gasteiger partial charge in [0.1, 0.15) is 0 Å². The highest BCUT2D eigenvalue weighted by molar-refractivity contribution is 5.79. The number of aromatic nitrogens is 6. The smallest absolute Gasteiger partial charge is 0.266 e. The first-order valence-electron chi connectivity index (χ1n) is 11.1. The van der Waals surface area contributed by atoms with Gasteiger partial charge in [0, 0.05) is 44.0 Å². The molecule has 1 aliphatic carbocycles. The van der Waals surface area contributed by atoms with Gasteiger partial charge in [0.15, 0.2) is 11.6 Å². The maximum absolute atomic E-state index is 12.8. The molecular weight excluding hydrogens is 408 g/mol. The predicted octanol–water partition coefficient (Wildman–Crippen LogP) is 1.13. The van der Waals surface area contributed by atoms with E-state index in [0.29, 0.717) is 31.4 Å². The number of rotatable bonds is 7. The molecule has 2 fully saturated rings. The van der Waals surface area contributed by atoms with Gasteiger partial charge in [0.2, 0.25) is 5.91 Å². The molecule has 10 heteroatoms. The SMILES string of the molecule is O=C(NCCn1nc(-n2cccn2)ccc1=O)C1CCCN(c2ccc(C3CC3)nn2)C1. The Kier molecular flexibility index (Phi) is 5.66. The summed E-state index contributed by atoms with van der Waals surface area (Å²) in [6.07, 6.45) is 7.58. The largest absolute Gasteiger partial charge is 0.354 e. The van der Waals surface area contributed by atoms with Crippen LogP contribution in [0.4, 0.5) is 5.82 Å². The summed E-state index contributed by atoms with van der Waals surface area (Å²) in [5.74, 6) is 1.84. The number of amides is 1. The fraction of sp³-hybridized carbons (Fsp3) is 0.455. The first kappa shape index (κ1) is 20.3. The monoisotopic (exact) mass is 434 g/mol. The fourth-order valence-corrected chi connectivity index (χ4v) is 4.05. The number of piperidine rings is 1. The lowest BCUT2D eigenvalue weighted by atomic mass is 9.97. The zero-order valence-electron chi connectivity index (χ0n) is 17.8. The minimum absolute atomic E-state index is 0.00598. The molecule has 166 valence electrons. The van der Waals surface area contributed by atoms with E-state index in [9.17, 15) is 9.59 Å². The van der Waals surface area contributed by atoms with Crippen LogP contribution in [0.25, 0.3) is 5.82 Å². The molecular formula is C22H26N8O2. The van der Waals surface area contributed by atoms with Gasteiger partial charge in [-0.15, -0.1) is 10.2 Å². The molecule has 1 amide bonds. The van der Waals surface area contributed by atoms with Gasteiger partial charge in [0.05, 0.1) is 18.2 Å². The number of hydrogen-bond donors (Lipinski definition) is 1.